The summed E-state index contributed by atoms with van der Waals surface area (Å²) in [7, 11) is 0. The van der Waals surface area contributed by atoms with Gasteiger partial charge in [0.05, 0.1) is 0 Å². The molecule has 1 unspecified atom stereocenters. The summed E-state index contributed by atoms with van der Waals surface area (Å²) < 4.78 is 5.62. The highest BCUT2D eigenvalue weighted by molar-refractivity contribution is 5.03. The molecule has 1 N–H and O–H groups in total. The van der Waals surface area contributed by atoms with Crippen molar-refractivity contribution in [2.45, 2.75) is 77.3 Å². The monoisotopic (exact) mass is 296 g/mol. The maximum atomic E-state index is 5.62. The molecule has 0 aromatic carbocycles. The van der Waals surface area contributed by atoms with Crippen molar-refractivity contribution in [1.82, 2.24) is 10.2 Å². The predicted molar refractivity (Wildman–Crippen MR) is 89.7 cm³/mol. The Balaban J connectivity index is 2.19. The molecule has 1 atom stereocenters. The third kappa shape index (κ3) is 3.80. The summed E-state index contributed by atoms with van der Waals surface area (Å²) in [5.41, 5.74) is 0.355. The summed E-state index contributed by atoms with van der Waals surface area (Å²) in [6.45, 7) is 12.8. The van der Waals surface area contributed by atoms with Gasteiger partial charge in [0.15, 0.2) is 0 Å². The molecule has 2 aliphatic rings. The van der Waals surface area contributed by atoms with Gasteiger partial charge in [0, 0.05) is 24.8 Å². The van der Waals surface area contributed by atoms with Crippen molar-refractivity contribution < 1.29 is 4.74 Å². The first-order valence-electron chi connectivity index (χ1n) is 9.34. The van der Waals surface area contributed by atoms with Gasteiger partial charge in [-0.2, -0.15) is 0 Å². The van der Waals surface area contributed by atoms with Gasteiger partial charge in [0.2, 0.25) is 0 Å². The molecule has 0 radical (unpaired) electrons. The van der Waals surface area contributed by atoms with Gasteiger partial charge in [-0.05, 0) is 70.5 Å². The molecule has 0 spiro atoms. The predicted octanol–water partition coefficient (Wildman–Crippen LogP) is 3.44. The van der Waals surface area contributed by atoms with Crippen LogP contribution in [0, 0.1) is 5.92 Å². The van der Waals surface area contributed by atoms with Gasteiger partial charge in [0.1, 0.15) is 0 Å². The summed E-state index contributed by atoms with van der Waals surface area (Å²) in [4.78, 5) is 2.82. The van der Waals surface area contributed by atoms with Crippen molar-refractivity contribution in [3.63, 3.8) is 0 Å². The fourth-order valence-corrected chi connectivity index (χ4v) is 4.64. The fraction of sp³-hybridized carbons (Fsp3) is 1.00. The van der Waals surface area contributed by atoms with Gasteiger partial charge >= 0.3 is 0 Å². The summed E-state index contributed by atoms with van der Waals surface area (Å²) in [6.07, 6.45) is 8.99. The number of nitrogens with zero attached hydrogens (tertiary/aromatic N) is 1. The maximum absolute atomic E-state index is 5.62. The van der Waals surface area contributed by atoms with Crippen LogP contribution >= 0.6 is 0 Å². The Kier molecular flexibility index (Phi) is 6.97. The molecule has 3 nitrogen and oxygen atoms in total. The molecule has 0 saturated carbocycles. The lowest BCUT2D eigenvalue weighted by molar-refractivity contribution is -0.00588. The number of ether oxygens (including phenoxy) is 1. The summed E-state index contributed by atoms with van der Waals surface area (Å²) in [5, 5.41) is 3.96. The third-order valence-electron chi connectivity index (χ3n) is 5.89. The Labute approximate surface area is 131 Å². The lowest BCUT2D eigenvalue weighted by atomic mass is 9.74. The van der Waals surface area contributed by atoms with Crippen molar-refractivity contribution in [2.24, 2.45) is 5.92 Å². The Morgan fingerprint density at radius 2 is 1.71 bits per heavy atom. The number of hydrogen-bond acceptors (Lipinski definition) is 3. The molecular weight excluding hydrogens is 260 g/mol. The smallest absolute Gasteiger partial charge is 0.0469 e. The minimum absolute atomic E-state index is 0.355. The van der Waals surface area contributed by atoms with Gasteiger partial charge in [-0.1, -0.05) is 20.8 Å². The van der Waals surface area contributed by atoms with E-state index in [1.54, 1.807) is 0 Å². The first-order valence-corrected chi connectivity index (χ1v) is 9.34. The normalized spacial score (nSPS) is 23.6. The fourth-order valence-electron chi connectivity index (χ4n) is 4.64. The molecule has 2 heterocycles. The highest BCUT2D eigenvalue weighted by atomic mass is 16.5. The van der Waals surface area contributed by atoms with Crippen LogP contribution in [0.1, 0.15) is 65.7 Å². The van der Waals surface area contributed by atoms with Crippen LogP contribution in [0.25, 0.3) is 0 Å². The van der Waals surface area contributed by atoms with E-state index in [1.807, 2.05) is 0 Å². The van der Waals surface area contributed by atoms with Crippen LogP contribution in [0.15, 0.2) is 0 Å². The number of likely N-dealkylation sites (tertiary alicyclic amines) is 1. The minimum atomic E-state index is 0.355. The van der Waals surface area contributed by atoms with Crippen LogP contribution in [-0.4, -0.2) is 49.3 Å². The molecule has 0 aromatic heterocycles. The lowest BCUT2D eigenvalue weighted by Crippen LogP contribution is -2.63. The Hall–Kier alpha value is -0.120. The highest BCUT2D eigenvalue weighted by Gasteiger charge is 2.45. The van der Waals surface area contributed by atoms with Gasteiger partial charge in [0.25, 0.3) is 0 Å². The first-order chi connectivity index (χ1) is 10.3. The van der Waals surface area contributed by atoms with E-state index in [1.165, 1.54) is 58.0 Å². The second kappa shape index (κ2) is 8.50. The molecule has 0 bridgehead atoms. The van der Waals surface area contributed by atoms with Gasteiger partial charge < -0.3 is 10.1 Å². The SMILES string of the molecule is CCCNC(C1CCOCC1)C(CC)(CC)N1CCCC1. The zero-order valence-electron chi connectivity index (χ0n) is 14.5. The van der Waals surface area contributed by atoms with Crippen molar-refractivity contribution in [3.05, 3.63) is 0 Å². The average molecular weight is 296 g/mol. The Bertz CT molecular complexity index is 279. The second-order valence-corrected chi connectivity index (χ2v) is 6.89. The number of nitrogens with one attached hydrogen (secondary N) is 1. The van der Waals surface area contributed by atoms with Crippen LogP contribution in [0.3, 0.4) is 0 Å². The van der Waals surface area contributed by atoms with Crippen molar-refractivity contribution in [3.8, 4) is 0 Å². The molecule has 0 amide bonds. The van der Waals surface area contributed by atoms with E-state index in [4.69, 9.17) is 4.74 Å². The Morgan fingerprint density at radius 1 is 1.10 bits per heavy atom. The van der Waals surface area contributed by atoms with Gasteiger partial charge in [-0.15, -0.1) is 0 Å². The number of hydrogen-bond donors (Lipinski definition) is 1. The molecule has 0 aromatic rings. The van der Waals surface area contributed by atoms with Crippen LogP contribution < -0.4 is 5.32 Å². The largest absolute Gasteiger partial charge is 0.381 e. The minimum Gasteiger partial charge on any atom is -0.381 e. The van der Waals surface area contributed by atoms with Crippen molar-refractivity contribution >= 4 is 0 Å². The van der Waals surface area contributed by atoms with Crippen LogP contribution in [0.4, 0.5) is 0 Å². The molecule has 0 aliphatic carbocycles. The molecule has 3 heteroatoms. The van der Waals surface area contributed by atoms with Crippen molar-refractivity contribution in [2.75, 3.05) is 32.8 Å². The van der Waals surface area contributed by atoms with Gasteiger partial charge in [-0.25, -0.2) is 0 Å². The van der Waals surface area contributed by atoms with E-state index in [9.17, 15) is 0 Å². The molecule has 2 saturated heterocycles. The topological polar surface area (TPSA) is 24.5 Å². The summed E-state index contributed by atoms with van der Waals surface area (Å²) in [5.74, 6) is 0.783. The third-order valence-corrected chi connectivity index (χ3v) is 5.89. The van der Waals surface area contributed by atoms with E-state index >= 15 is 0 Å². The van der Waals surface area contributed by atoms with Gasteiger partial charge in [-0.3, -0.25) is 4.90 Å². The molecular formula is C18H36N2O. The Morgan fingerprint density at radius 3 is 2.24 bits per heavy atom. The first kappa shape index (κ1) is 17.2. The molecule has 2 rings (SSSR count). The van der Waals surface area contributed by atoms with Crippen molar-refractivity contribution in [1.29, 1.82) is 0 Å². The standard InChI is InChI=1S/C18H36N2O/c1-4-11-19-17(16-9-14-21-15-10-16)18(5-2,6-3)20-12-7-8-13-20/h16-17,19H,4-15H2,1-3H3. The maximum Gasteiger partial charge on any atom is 0.0469 e. The average Bonchev–Trinajstić information content (AvgIpc) is 3.07. The van der Waals surface area contributed by atoms with Crippen LogP contribution in [0.2, 0.25) is 0 Å². The zero-order valence-corrected chi connectivity index (χ0v) is 14.5. The molecule has 2 aliphatic heterocycles. The summed E-state index contributed by atoms with van der Waals surface area (Å²) in [6, 6.07) is 0.634. The van der Waals surface area contributed by atoms with E-state index in [0.29, 0.717) is 11.6 Å². The molecule has 21 heavy (non-hydrogen) atoms. The van der Waals surface area contributed by atoms with E-state index in [-0.39, 0.29) is 0 Å². The lowest BCUT2D eigenvalue weighted by Gasteiger charge is -2.51. The van der Waals surface area contributed by atoms with E-state index in [0.717, 1.165) is 25.7 Å². The molecule has 2 fully saturated rings. The van der Waals surface area contributed by atoms with Crippen LogP contribution in [0.5, 0.6) is 0 Å². The van der Waals surface area contributed by atoms with Crippen LogP contribution in [-0.2, 0) is 4.74 Å². The van der Waals surface area contributed by atoms with E-state index in [2.05, 4.69) is 31.0 Å². The molecule has 124 valence electrons. The van der Waals surface area contributed by atoms with E-state index < -0.39 is 0 Å². The summed E-state index contributed by atoms with van der Waals surface area (Å²) >= 11 is 0. The quantitative estimate of drug-likeness (QED) is 0.742. The second-order valence-electron chi connectivity index (χ2n) is 6.89. The highest BCUT2D eigenvalue weighted by Crippen LogP contribution is 2.37. The number of rotatable bonds is 8. The zero-order chi connectivity index (χ0) is 15.1.